The Morgan fingerprint density at radius 2 is 2.08 bits per heavy atom. The lowest BCUT2D eigenvalue weighted by molar-refractivity contribution is -0.168. The van der Waals surface area contributed by atoms with Crippen LogP contribution in [0, 0.1) is 5.41 Å². The van der Waals surface area contributed by atoms with Crippen molar-refractivity contribution in [3.63, 3.8) is 0 Å². The van der Waals surface area contributed by atoms with Crippen molar-refractivity contribution >= 4 is 5.96 Å². The van der Waals surface area contributed by atoms with Crippen molar-refractivity contribution in [2.75, 3.05) is 32.8 Å². The monoisotopic (exact) mass is 336 g/mol. The van der Waals surface area contributed by atoms with Gasteiger partial charge in [0.05, 0.1) is 12.6 Å². The first-order chi connectivity index (χ1) is 11.7. The summed E-state index contributed by atoms with van der Waals surface area (Å²) in [6.07, 6.45) is 8.16. The number of hydrogen-bond donors (Lipinski definition) is 2. The highest BCUT2D eigenvalue weighted by Crippen LogP contribution is 2.57. The lowest BCUT2D eigenvalue weighted by Crippen LogP contribution is -2.68. The second kappa shape index (κ2) is 8.05. The molecule has 0 aromatic rings. The molecule has 2 saturated carbocycles. The van der Waals surface area contributed by atoms with Crippen molar-refractivity contribution in [1.29, 1.82) is 0 Å². The molecule has 2 N–H and O–H groups in total. The van der Waals surface area contributed by atoms with Gasteiger partial charge in [-0.15, -0.1) is 0 Å². The number of likely N-dealkylation sites (tertiary alicyclic amines) is 1. The van der Waals surface area contributed by atoms with Crippen molar-refractivity contribution in [3.8, 4) is 0 Å². The zero-order chi connectivity index (χ0) is 17.0. The van der Waals surface area contributed by atoms with Crippen molar-refractivity contribution in [3.05, 3.63) is 0 Å². The molecular weight excluding hydrogens is 300 g/mol. The van der Waals surface area contributed by atoms with Gasteiger partial charge in [-0.1, -0.05) is 13.3 Å². The molecular formula is C19H36N4O. The van der Waals surface area contributed by atoms with Crippen LogP contribution >= 0.6 is 0 Å². The summed E-state index contributed by atoms with van der Waals surface area (Å²) in [5.41, 5.74) is 0.384. The second-order valence-electron chi connectivity index (χ2n) is 7.61. The van der Waals surface area contributed by atoms with E-state index >= 15 is 0 Å². The lowest BCUT2D eigenvalue weighted by Gasteiger charge is -2.61. The molecule has 3 aliphatic rings. The van der Waals surface area contributed by atoms with E-state index in [1.807, 2.05) is 0 Å². The summed E-state index contributed by atoms with van der Waals surface area (Å²) in [5.74, 6) is 1.01. The molecule has 1 saturated heterocycles. The van der Waals surface area contributed by atoms with Crippen LogP contribution in [0.1, 0.15) is 59.3 Å². The summed E-state index contributed by atoms with van der Waals surface area (Å²) < 4.78 is 5.97. The number of rotatable bonds is 7. The Balaban J connectivity index is 1.57. The van der Waals surface area contributed by atoms with Gasteiger partial charge in [-0.3, -0.25) is 9.89 Å². The SMILES string of the molecule is CCNC(=NCC1CCCN1CC)NC1CC(OCC)C12CCC2. The molecule has 138 valence electrons. The van der Waals surface area contributed by atoms with Gasteiger partial charge in [0, 0.05) is 30.7 Å². The number of likely N-dealkylation sites (N-methyl/N-ethyl adjacent to an activating group) is 1. The van der Waals surface area contributed by atoms with Gasteiger partial charge in [-0.05, 0) is 59.0 Å². The molecule has 0 amide bonds. The molecule has 0 radical (unpaired) electrons. The smallest absolute Gasteiger partial charge is 0.191 e. The minimum Gasteiger partial charge on any atom is -0.378 e. The Kier molecular flexibility index (Phi) is 6.03. The maximum absolute atomic E-state index is 5.97. The fourth-order valence-corrected chi connectivity index (χ4v) is 4.84. The second-order valence-corrected chi connectivity index (χ2v) is 7.61. The molecule has 1 spiro atoms. The Hall–Kier alpha value is -0.810. The molecule has 24 heavy (non-hydrogen) atoms. The highest BCUT2D eigenvalue weighted by atomic mass is 16.5. The summed E-state index contributed by atoms with van der Waals surface area (Å²) >= 11 is 0. The van der Waals surface area contributed by atoms with Gasteiger partial charge in [-0.2, -0.15) is 0 Å². The maximum atomic E-state index is 5.97. The third-order valence-corrected chi connectivity index (χ3v) is 6.46. The fourth-order valence-electron chi connectivity index (χ4n) is 4.84. The largest absolute Gasteiger partial charge is 0.378 e. The van der Waals surface area contributed by atoms with Crippen LogP contribution in [0.5, 0.6) is 0 Å². The Bertz CT molecular complexity index is 435. The Morgan fingerprint density at radius 1 is 1.25 bits per heavy atom. The molecule has 0 bridgehead atoms. The van der Waals surface area contributed by atoms with E-state index in [0.717, 1.165) is 38.6 Å². The van der Waals surface area contributed by atoms with Crippen LogP contribution in [0.2, 0.25) is 0 Å². The number of nitrogens with one attached hydrogen (secondary N) is 2. The molecule has 5 nitrogen and oxygen atoms in total. The van der Waals surface area contributed by atoms with Crippen molar-refractivity contribution in [1.82, 2.24) is 15.5 Å². The molecule has 2 aliphatic carbocycles. The average molecular weight is 337 g/mol. The van der Waals surface area contributed by atoms with Crippen LogP contribution < -0.4 is 10.6 Å². The van der Waals surface area contributed by atoms with Crippen molar-refractivity contribution < 1.29 is 4.74 Å². The van der Waals surface area contributed by atoms with Gasteiger partial charge < -0.3 is 15.4 Å². The van der Waals surface area contributed by atoms with E-state index in [-0.39, 0.29) is 0 Å². The van der Waals surface area contributed by atoms with Crippen molar-refractivity contribution in [2.45, 2.75) is 77.5 Å². The first kappa shape index (κ1) is 18.0. The number of guanidine groups is 1. The third-order valence-electron chi connectivity index (χ3n) is 6.46. The van der Waals surface area contributed by atoms with E-state index in [0.29, 0.717) is 23.6 Å². The molecule has 0 aromatic carbocycles. The maximum Gasteiger partial charge on any atom is 0.191 e. The molecule has 3 unspecified atom stereocenters. The molecule has 3 atom stereocenters. The zero-order valence-electron chi connectivity index (χ0n) is 15.8. The average Bonchev–Trinajstić information content (AvgIpc) is 2.97. The predicted octanol–water partition coefficient (Wildman–Crippen LogP) is 2.37. The molecule has 3 rings (SSSR count). The van der Waals surface area contributed by atoms with E-state index in [1.54, 1.807) is 0 Å². The van der Waals surface area contributed by atoms with E-state index in [1.165, 1.54) is 38.6 Å². The van der Waals surface area contributed by atoms with E-state index < -0.39 is 0 Å². The van der Waals surface area contributed by atoms with Gasteiger partial charge in [0.25, 0.3) is 0 Å². The summed E-state index contributed by atoms with van der Waals surface area (Å²) in [4.78, 5) is 7.49. The van der Waals surface area contributed by atoms with Gasteiger partial charge in [0.1, 0.15) is 0 Å². The number of hydrogen-bond acceptors (Lipinski definition) is 3. The Labute approximate surface area is 147 Å². The summed E-state index contributed by atoms with van der Waals surface area (Å²) in [6.45, 7) is 11.6. The Morgan fingerprint density at radius 3 is 2.71 bits per heavy atom. The number of ether oxygens (including phenoxy) is 1. The minimum absolute atomic E-state index is 0.384. The molecule has 5 heteroatoms. The molecule has 3 fully saturated rings. The standard InChI is InChI=1S/C19H36N4O/c1-4-20-18(21-14-15-9-7-12-23(15)5-2)22-16-13-17(24-6-3)19(16)10-8-11-19/h15-17H,4-14H2,1-3H3,(H2,20,21,22). The highest BCUT2D eigenvalue weighted by molar-refractivity contribution is 5.80. The van der Waals surface area contributed by atoms with E-state index in [4.69, 9.17) is 9.73 Å². The van der Waals surface area contributed by atoms with E-state index in [2.05, 4.69) is 36.3 Å². The van der Waals surface area contributed by atoms with Crippen LogP contribution in [0.15, 0.2) is 4.99 Å². The number of nitrogens with zero attached hydrogens (tertiary/aromatic N) is 2. The third kappa shape index (κ3) is 3.43. The van der Waals surface area contributed by atoms with Gasteiger partial charge in [-0.25, -0.2) is 0 Å². The van der Waals surface area contributed by atoms with Gasteiger partial charge in [0.15, 0.2) is 5.96 Å². The van der Waals surface area contributed by atoms with E-state index in [9.17, 15) is 0 Å². The van der Waals surface area contributed by atoms with Gasteiger partial charge >= 0.3 is 0 Å². The summed E-state index contributed by atoms with van der Waals surface area (Å²) in [5, 5.41) is 7.18. The van der Waals surface area contributed by atoms with Crippen LogP contribution in [-0.4, -0.2) is 61.8 Å². The molecule has 1 heterocycles. The first-order valence-electron chi connectivity index (χ1n) is 10.1. The first-order valence-corrected chi connectivity index (χ1v) is 10.1. The minimum atomic E-state index is 0.384. The molecule has 1 aliphatic heterocycles. The quantitative estimate of drug-likeness (QED) is 0.553. The van der Waals surface area contributed by atoms with Crippen LogP contribution in [0.25, 0.3) is 0 Å². The fraction of sp³-hybridized carbons (Fsp3) is 0.947. The van der Waals surface area contributed by atoms with Crippen LogP contribution in [0.4, 0.5) is 0 Å². The molecule has 0 aromatic heterocycles. The predicted molar refractivity (Wildman–Crippen MR) is 99.5 cm³/mol. The lowest BCUT2D eigenvalue weighted by atomic mass is 9.51. The normalized spacial score (nSPS) is 32.5. The van der Waals surface area contributed by atoms with Gasteiger partial charge in [0.2, 0.25) is 0 Å². The summed E-state index contributed by atoms with van der Waals surface area (Å²) in [7, 11) is 0. The van der Waals surface area contributed by atoms with Crippen LogP contribution in [-0.2, 0) is 4.74 Å². The van der Waals surface area contributed by atoms with Crippen molar-refractivity contribution in [2.24, 2.45) is 10.4 Å². The topological polar surface area (TPSA) is 48.9 Å². The highest BCUT2D eigenvalue weighted by Gasteiger charge is 2.59. The summed E-state index contributed by atoms with van der Waals surface area (Å²) in [6, 6.07) is 1.16. The number of aliphatic imine (C=N–C) groups is 1. The van der Waals surface area contributed by atoms with Crippen LogP contribution in [0.3, 0.4) is 0 Å². The zero-order valence-corrected chi connectivity index (χ0v) is 15.8.